The van der Waals surface area contributed by atoms with E-state index < -0.39 is 0 Å². The van der Waals surface area contributed by atoms with Crippen LogP contribution in [0.15, 0.2) is 21.8 Å². The van der Waals surface area contributed by atoms with E-state index in [0.29, 0.717) is 0 Å². The van der Waals surface area contributed by atoms with Crippen LogP contribution in [0.2, 0.25) is 0 Å². The third-order valence-electron chi connectivity index (χ3n) is 2.20. The molecule has 0 fully saturated rings. The normalized spacial score (nSPS) is 21.2. The van der Waals surface area contributed by atoms with Crippen LogP contribution >= 0.6 is 11.3 Å². The third-order valence-corrected chi connectivity index (χ3v) is 2.89. The maximum Gasteiger partial charge on any atom is 0.250 e. The number of amides is 1. The Morgan fingerprint density at radius 1 is 1.57 bits per heavy atom. The van der Waals surface area contributed by atoms with E-state index in [-0.39, 0.29) is 17.9 Å². The van der Waals surface area contributed by atoms with Gasteiger partial charge in [-0.3, -0.25) is 9.79 Å². The molecule has 2 heterocycles. The number of amidine groups is 1. The Morgan fingerprint density at radius 3 is 2.86 bits per heavy atom. The Kier molecular flexibility index (Phi) is 2.37. The van der Waals surface area contributed by atoms with Crippen molar-refractivity contribution in [2.24, 2.45) is 10.9 Å². The van der Waals surface area contributed by atoms with Crippen molar-refractivity contribution in [1.82, 2.24) is 5.32 Å². The molecule has 14 heavy (non-hydrogen) atoms. The zero-order valence-corrected chi connectivity index (χ0v) is 8.97. The molecule has 0 bridgehead atoms. The van der Waals surface area contributed by atoms with Crippen LogP contribution in [0.25, 0.3) is 0 Å². The van der Waals surface area contributed by atoms with Gasteiger partial charge in [-0.25, -0.2) is 0 Å². The molecule has 0 saturated carbocycles. The quantitative estimate of drug-likeness (QED) is 0.789. The fourth-order valence-corrected chi connectivity index (χ4v) is 2.06. The lowest BCUT2D eigenvalue weighted by molar-refractivity contribution is -0.120. The standard InChI is InChI=1S/C10H12N2OS/c1-6(2)8-10(13)12-9(11-8)7-3-4-14-5-7/h3-6,8H,1-2H3,(H,11,12,13). The molecule has 0 spiro atoms. The highest BCUT2D eigenvalue weighted by atomic mass is 32.1. The lowest BCUT2D eigenvalue weighted by Crippen LogP contribution is -2.31. The second-order valence-corrected chi connectivity index (χ2v) is 4.45. The van der Waals surface area contributed by atoms with Crippen molar-refractivity contribution >= 4 is 23.1 Å². The van der Waals surface area contributed by atoms with Gasteiger partial charge in [0.1, 0.15) is 11.9 Å². The average Bonchev–Trinajstić information content (AvgIpc) is 2.70. The molecule has 1 aromatic rings. The first-order valence-electron chi connectivity index (χ1n) is 4.59. The fourth-order valence-electron chi connectivity index (χ4n) is 1.42. The molecule has 1 atom stereocenters. The molecule has 0 aliphatic carbocycles. The van der Waals surface area contributed by atoms with E-state index in [2.05, 4.69) is 10.3 Å². The monoisotopic (exact) mass is 208 g/mol. The summed E-state index contributed by atoms with van der Waals surface area (Å²) in [6, 6.07) is 1.75. The van der Waals surface area contributed by atoms with E-state index in [1.165, 1.54) is 0 Å². The van der Waals surface area contributed by atoms with Crippen molar-refractivity contribution in [2.75, 3.05) is 0 Å². The Bertz CT molecular complexity index is 367. The Morgan fingerprint density at radius 2 is 2.36 bits per heavy atom. The summed E-state index contributed by atoms with van der Waals surface area (Å²) < 4.78 is 0. The van der Waals surface area contributed by atoms with Gasteiger partial charge < -0.3 is 5.32 Å². The number of rotatable bonds is 2. The van der Waals surface area contributed by atoms with Crippen LogP contribution in [0, 0.1) is 5.92 Å². The first kappa shape index (κ1) is 9.40. The largest absolute Gasteiger partial charge is 0.309 e. The molecular formula is C10H12N2OS. The molecule has 2 rings (SSSR count). The van der Waals surface area contributed by atoms with Gasteiger partial charge >= 0.3 is 0 Å². The highest BCUT2D eigenvalue weighted by molar-refractivity contribution is 7.08. The summed E-state index contributed by atoms with van der Waals surface area (Å²) >= 11 is 1.61. The van der Waals surface area contributed by atoms with Crippen LogP contribution in [0.5, 0.6) is 0 Å². The molecule has 1 aromatic heterocycles. The molecule has 3 nitrogen and oxygen atoms in total. The molecule has 74 valence electrons. The van der Waals surface area contributed by atoms with E-state index in [9.17, 15) is 4.79 Å². The van der Waals surface area contributed by atoms with Gasteiger partial charge in [0.15, 0.2) is 0 Å². The van der Waals surface area contributed by atoms with Gasteiger partial charge in [0, 0.05) is 10.9 Å². The molecule has 1 unspecified atom stereocenters. The third kappa shape index (κ3) is 1.57. The summed E-state index contributed by atoms with van der Waals surface area (Å²) in [5.41, 5.74) is 1.01. The number of thiophene rings is 1. The van der Waals surface area contributed by atoms with E-state index in [1.54, 1.807) is 11.3 Å². The van der Waals surface area contributed by atoms with Gasteiger partial charge in [0.05, 0.1) is 0 Å². The number of aliphatic imine (C=N–C) groups is 1. The summed E-state index contributed by atoms with van der Waals surface area (Å²) in [4.78, 5) is 15.9. The number of nitrogens with one attached hydrogen (secondary N) is 1. The highest BCUT2D eigenvalue weighted by Crippen LogP contribution is 2.15. The first-order valence-corrected chi connectivity index (χ1v) is 5.54. The molecule has 0 aromatic carbocycles. The topological polar surface area (TPSA) is 41.5 Å². The number of hydrogen-bond donors (Lipinski definition) is 1. The summed E-state index contributed by atoms with van der Waals surface area (Å²) in [6.07, 6.45) is 0. The van der Waals surface area contributed by atoms with Gasteiger partial charge in [-0.2, -0.15) is 11.3 Å². The summed E-state index contributed by atoms with van der Waals surface area (Å²) in [7, 11) is 0. The molecular weight excluding hydrogens is 196 g/mol. The van der Waals surface area contributed by atoms with Crippen LogP contribution in [-0.4, -0.2) is 17.8 Å². The van der Waals surface area contributed by atoms with Crippen LogP contribution in [0.4, 0.5) is 0 Å². The van der Waals surface area contributed by atoms with Gasteiger partial charge in [0.2, 0.25) is 0 Å². The summed E-state index contributed by atoms with van der Waals surface area (Å²) in [5.74, 6) is 0.988. The highest BCUT2D eigenvalue weighted by Gasteiger charge is 2.29. The molecule has 1 N–H and O–H groups in total. The van der Waals surface area contributed by atoms with Crippen LogP contribution in [-0.2, 0) is 4.79 Å². The first-order chi connectivity index (χ1) is 6.68. The van der Waals surface area contributed by atoms with Crippen LogP contribution in [0.3, 0.4) is 0 Å². The summed E-state index contributed by atoms with van der Waals surface area (Å²) in [5, 5.41) is 6.77. The minimum Gasteiger partial charge on any atom is -0.309 e. The van der Waals surface area contributed by atoms with Gasteiger partial charge in [-0.15, -0.1) is 0 Å². The number of carbonyl (C=O) groups excluding carboxylic acids is 1. The maximum absolute atomic E-state index is 11.5. The Labute approximate surface area is 86.9 Å². The SMILES string of the molecule is CC(C)C1N=C(c2ccsc2)NC1=O. The second kappa shape index (κ2) is 3.53. The number of carbonyl (C=O) groups is 1. The molecule has 0 saturated heterocycles. The lowest BCUT2D eigenvalue weighted by atomic mass is 10.1. The van der Waals surface area contributed by atoms with Gasteiger partial charge in [-0.1, -0.05) is 13.8 Å². The molecule has 1 aliphatic rings. The smallest absolute Gasteiger partial charge is 0.250 e. The molecule has 0 radical (unpaired) electrons. The minimum absolute atomic E-state index is 0.0150. The Hall–Kier alpha value is -1.16. The van der Waals surface area contributed by atoms with E-state index >= 15 is 0 Å². The van der Waals surface area contributed by atoms with Crippen LogP contribution < -0.4 is 5.32 Å². The van der Waals surface area contributed by atoms with Gasteiger partial charge in [-0.05, 0) is 17.4 Å². The number of nitrogens with zero attached hydrogens (tertiary/aromatic N) is 1. The zero-order chi connectivity index (χ0) is 10.1. The predicted octanol–water partition coefficient (Wildman–Crippen LogP) is 1.65. The molecule has 1 amide bonds. The zero-order valence-electron chi connectivity index (χ0n) is 8.15. The van der Waals surface area contributed by atoms with E-state index in [0.717, 1.165) is 11.4 Å². The van der Waals surface area contributed by atoms with Gasteiger partial charge in [0.25, 0.3) is 5.91 Å². The second-order valence-electron chi connectivity index (χ2n) is 3.67. The van der Waals surface area contributed by atoms with Crippen molar-refractivity contribution in [1.29, 1.82) is 0 Å². The maximum atomic E-state index is 11.5. The minimum atomic E-state index is -0.218. The van der Waals surface area contributed by atoms with Crippen molar-refractivity contribution in [3.63, 3.8) is 0 Å². The average molecular weight is 208 g/mol. The Balaban J connectivity index is 2.25. The van der Waals surface area contributed by atoms with Crippen molar-refractivity contribution in [2.45, 2.75) is 19.9 Å². The van der Waals surface area contributed by atoms with Crippen molar-refractivity contribution in [3.05, 3.63) is 22.4 Å². The molecule has 4 heteroatoms. The van der Waals surface area contributed by atoms with E-state index in [1.807, 2.05) is 30.7 Å². The lowest BCUT2D eigenvalue weighted by Gasteiger charge is -2.06. The van der Waals surface area contributed by atoms with Crippen molar-refractivity contribution < 1.29 is 4.79 Å². The van der Waals surface area contributed by atoms with Crippen LogP contribution in [0.1, 0.15) is 19.4 Å². The number of hydrogen-bond acceptors (Lipinski definition) is 3. The van der Waals surface area contributed by atoms with Crippen molar-refractivity contribution in [3.8, 4) is 0 Å². The van der Waals surface area contributed by atoms with E-state index in [4.69, 9.17) is 0 Å². The summed E-state index contributed by atoms with van der Waals surface area (Å²) in [6.45, 7) is 4.01. The predicted molar refractivity (Wildman–Crippen MR) is 57.6 cm³/mol. The fraction of sp³-hybridized carbons (Fsp3) is 0.400. The molecule has 1 aliphatic heterocycles.